The van der Waals surface area contributed by atoms with Crippen LogP contribution in [-0.4, -0.2) is 70.1 Å². The van der Waals surface area contributed by atoms with E-state index in [2.05, 4.69) is 10.6 Å². The molecule has 148 valence electrons. The van der Waals surface area contributed by atoms with Gasteiger partial charge in [-0.25, -0.2) is 4.79 Å². The van der Waals surface area contributed by atoms with Crippen LogP contribution < -0.4 is 27.4 Å². The Morgan fingerprint density at radius 2 is 1.46 bits per heavy atom. The highest BCUT2D eigenvalue weighted by molar-refractivity contribution is 5.94. The summed E-state index contributed by atoms with van der Waals surface area (Å²) in [4.78, 5) is 57.6. The van der Waals surface area contributed by atoms with E-state index < -0.39 is 66.3 Å². The summed E-state index contributed by atoms with van der Waals surface area (Å²) in [5.74, 6) is -4.90. The molecule has 12 heteroatoms. The Bertz CT molecular complexity index is 564. The molecule has 0 aromatic heterocycles. The summed E-state index contributed by atoms with van der Waals surface area (Å²) in [6, 6.07) is -5.06. The molecule has 5 unspecified atom stereocenters. The number of carboxylic acids is 1. The van der Waals surface area contributed by atoms with Gasteiger partial charge in [0.05, 0.1) is 18.6 Å². The average molecular weight is 375 g/mol. The molecule has 0 saturated heterocycles. The Morgan fingerprint density at radius 3 is 1.85 bits per heavy atom. The van der Waals surface area contributed by atoms with Crippen LogP contribution >= 0.6 is 0 Å². The molecule has 0 fully saturated rings. The number of aliphatic hydroxyl groups is 1. The normalized spacial score (nSPS) is 16.3. The van der Waals surface area contributed by atoms with Gasteiger partial charge in [-0.05, 0) is 20.8 Å². The smallest absolute Gasteiger partial charge is 0.326 e. The minimum absolute atomic E-state index is 0.599. The maximum Gasteiger partial charge on any atom is 0.326 e. The number of nitrogens with two attached hydrogens (primary N) is 2. The molecule has 0 aliphatic carbocycles. The number of amides is 4. The van der Waals surface area contributed by atoms with Crippen molar-refractivity contribution in [2.45, 2.75) is 57.5 Å². The van der Waals surface area contributed by atoms with E-state index in [4.69, 9.17) is 16.6 Å². The molecule has 4 amide bonds. The second-order valence-corrected chi connectivity index (χ2v) is 5.82. The Hall–Kier alpha value is -2.73. The maximum absolute atomic E-state index is 12.2. The number of aliphatic hydroxyl groups excluding tert-OH is 1. The molecule has 5 atom stereocenters. The van der Waals surface area contributed by atoms with E-state index >= 15 is 0 Å². The number of hydrogen-bond donors (Lipinski definition) is 7. The largest absolute Gasteiger partial charge is 0.480 e. The van der Waals surface area contributed by atoms with Crippen LogP contribution in [0.15, 0.2) is 0 Å². The fraction of sp³-hybridized carbons (Fsp3) is 0.643. The second kappa shape index (κ2) is 10.3. The topological polar surface area (TPSA) is 214 Å². The predicted octanol–water partition coefficient (Wildman–Crippen LogP) is -3.85. The monoisotopic (exact) mass is 375 g/mol. The third-order valence-corrected chi connectivity index (χ3v) is 3.25. The lowest BCUT2D eigenvalue weighted by atomic mass is 10.1. The first kappa shape index (κ1) is 23.3. The Morgan fingerprint density at radius 1 is 0.923 bits per heavy atom. The minimum Gasteiger partial charge on any atom is -0.480 e. The zero-order chi connectivity index (χ0) is 20.6. The van der Waals surface area contributed by atoms with Crippen LogP contribution in [0, 0.1) is 0 Å². The van der Waals surface area contributed by atoms with Crippen molar-refractivity contribution in [1.29, 1.82) is 0 Å². The highest BCUT2D eigenvalue weighted by atomic mass is 16.4. The van der Waals surface area contributed by atoms with Crippen LogP contribution in [0.2, 0.25) is 0 Å². The minimum atomic E-state index is -1.62. The first-order valence-electron chi connectivity index (χ1n) is 7.72. The molecule has 0 aliphatic rings. The predicted molar refractivity (Wildman–Crippen MR) is 88.2 cm³/mol. The lowest BCUT2D eigenvalue weighted by molar-refractivity contribution is -0.144. The summed E-state index contributed by atoms with van der Waals surface area (Å²) in [5, 5.41) is 25.2. The van der Waals surface area contributed by atoms with Gasteiger partial charge >= 0.3 is 5.97 Å². The Labute approximate surface area is 149 Å². The van der Waals surface area contributed by atoms with Crippen LogP contribution in [0.25, 0.3) is 0 Å². The third-order valence-electron chi connectivity index (χ3n) is 3.25. The van der Waals surface area contributed by atoms with Crippen molar-refractivity contribution in [2.24, 2.45) is 11.5 Å². The molecule has 12 nitrogen and oxygen atoms in total. The highest BCUT2D eigenvalue weighted by Crippen LogP contribution is 1.99. The van der Waals surface area contributed by atoms with Gasteiger partial charge in [-0.3, -0.25) is 19.2 Å². The fourth-order valence-electron chi connectivity index (χ4n) is 1.76. The van der Waals surface area contributed by atoms with Gasteiger partial charge in [-0.1, -0.05) is 0 Å². The van der Waals surface area contributed by atoms with E-state index in [0.29, 0.717) is 0 Å². The first-order valence-corrected chi connectivity index (χ1v) is 7.72. The summed E-state index contributed by atoms with van der Waals surface area (Å²) >= 11 is 0. The van der Waals surface area contributed by atoms with Gasteiger partial charge in [-0.15, -0.1) is 0 Å². The molecule has 0 spiro atoms. The Kier molecular flexibility index (Phi) is 9.22. The summed E-state index contributed by atoms with van der Waals surface area (Å²) in [7, 11) is 0. The van der Waals surface area contributed by atoms with Gasteiger partial charge in [0, 0.05) is 0 Å². The summed E-state index contributed by atoms with van der Waals surface area (Å²) in [6.45, 7) is 3.94. The lowest BCUT2D eigenvalue weighted by Gasteiger charge is -2.24. The van der Waals surface area contributed by atoms with Gasteiger partial charge in [-0.2, -0.15) is 0 Å². The molecule has 0 aromatic rings. The molecule has 0 heterocycles. The van der Waals surface area contributed by atoms with E-state index in [9.17, 15) is 29.1 Å². The van der Waals surface area contributed by atoms with E-state index in [0.717, 1.165) is 0 Å². The van der Waals surface area contributed by atoms with Gasteiger partial charge in [0.15, 0.2) is 0 Å². The van der Waals surface area contributed by atoms with Crippen molar-refractivity contribution < 1.29 is 34.2 Å². The number of rotatable bonds is 10. The number of carbonyl (C=O) groups excluding carboxylic acids is 4. The highest BCUT2D eigenvalue weighted by Gasteiger charge is 2.31. The van der Waals surface area contributed by atoms with Crippen LogP contribution in [0.3, 0.4) is 0 Å². The molecule has 0 bridgehead atoms. The first-order chi connectivity index (χ1) is 11.9. The molecule has 0 aromatic carbocycles. The zero-order valence-electron chi connectivity index (χ0n) is 14.7. The van der Waals surface area contributed by atoms with Crippen molar-refractivity contribution in [3.8, 4) is 0 Å². The van der Waals surface area contributed by atoms with Crippen LogP contribution in [0.5, 0.6) is 0 Å². The fourth-order valence-corrected chi connectivity index (χ4v) is 1.76. The third kappa shape index (κ3) is 7.90. The van der Waals surface area contributed by atoms with Crippen molar-refractivity contribution in [3.05, 3.63) is 0 Å². The van der Waals surface area contributed by atoms with E-state index in [1.54, 1.807) is 0 Å². The lowest BCUT2D eigenvalue weighted by Crippen LogP contribution is -2.59. The van der Waals surface area contributed by atoms with Crippen LogP contribution in [0.1, 0.15) is 27.2 Å². The second-order valence-electron chi connectivity index (χ2n) is 5.82. The number of carboxylic acid groups (broad SMARTS) is 1. The number of hydrogen-bond acceptors (Lipinski definition) is 7. The van der Waals surface area contributed by atoms with E-state index in [1.165, 1.54) is 20.8 Å². The van der Waals surface area contributed by atoms with Crippen molar-refractivity contribution >= 4 is 29.6 Å². The number of nitrogens with one attached hydrogen (secondary N) is 3. The van der Waals surface area contributed by atoms with E-state index in [1.807, 2.05) is 5.32 Å². The summed E-state index contributed by atoms with van der Waals surface area (Å²) < 4.78 is 0. The van der Waals surface area contributed by atoms with Gasteiger partial charge < -0.3 is 37.6 Å². The van der Waals surface area contributed by atoms with Crippen molar-refractivity contribution in [3.63, 3.8) is 0 Å². The number of aliphatic carboxylic acids is 1. The zero-order valence-corrected chi connectivity index (χ0v) is 14.7. The van der Waals surface area contributed by atoms with Gasteiger partial charge in [0.2, 0.25) is 23.6 Å². The number of carbonyl (C=O) groups is 5. The number of primary amides is 1. The summed E-state index contributed by atoms with van der Waals surface area (Å²) in [6.07, 6.45) is -2.05. The summed E-state index contributed by atoms with van der Waals surface area (Å²) in [5.41, 5.74) is 10.3. The van der Waals surface area contributed by atoms with Crippen molar-refractivity contribution in [2.75, 3.05) is 0 Å². The standard InChI is InChI=1S/C14H25N5O7/c1-5(15)11(22)17-6(2)12(23)19-10(7(3)20)13(24)18-8(14(25)26)4-9(16)21/h5-8,10,20H,4,15H2,1-3H3,(H2,16,21)(H,17,22)(H,18,24)(H,19,23)(H,25,26). The molecule has 26 heavy (non-hydrogen) atoms. The molecular formula is C14H25N5O7. The van der Waals surface area contributed by atoms with Crippen LogP contribution in [-0.2, 0) is 24.0 Å². The Balaban J connectivity index is 5.03. The molecule has 9 N–H and O–H groups in total. The van der Waals surface area contributed by atoms with Crippen LogP contribution in [0.4, 0.5) is 0 Å². The van der Waals surface area contributed by atoms with Gasteiger partial charge in [0.25, 0.3) is 0 Å². The molecule has 0 saturated carbocycles. The molecule has 0 rings (SSSR count). The van der Waals surface area contributed by atoms with Crippen molar-refractivity contribution in [1.82, 2.24) is 16.0 Å². The van der Waals surface area contributed by atoms with E-state index in [-0.39, 0.29) is 0 Å². The molecular weight excluding hydrogens is 350 g/mol. The SMILES string of the molecule is CC(N)C(=O)NC(C)C(=O)NC(C(=O)NC(CC(N)=O)C(=O)O)C(C)O. The van der Waals surface area contributed by atoms with Gasteiger partial charge in [0.1, 0.15) is 18.1 Å². The quantitative estimate of drug-likeness (QED) is 0.200. The molecule has 0 radical (unpaired) electrons. The maximum atomic E-state index is 12.2. The average Bonchev–Trinajstić information content (AvgIpc) is 2.50. The molecule has 0 aliphatic heterocycles.